The van der Waals surface area contributed by atoms with Crippen LogP contribution in [0.1, 0.15) is 13.3 Å². The van der Waals surface area contributed by atoms with Crippen molar-refractivity contribution in [3.8, 4) is 0 Å². The van der Waals surface area contributed by atoms with Gasteiger partial charge in [0.15, 0.2) is 6.61 Å². The standard InChI is InChI=1S/C14H18N2O4S/c1-10(17)15-8-7-14(19)20-9-13(18)16-11-5-3-4-6-12(11)21-2/h3-6H,7-9H2,1-2H3,(H,15,17)(H,16,18). The quantitative estimate of drug-likeness (QED) is 0.588. The van der Waals surface area contributed by atoms with E-state index < -0.39 is 11.9 Å². The predicted octanol–water partition coefficient (Wildman–Crippen LogP) is 1.42. The number of thioether (sulfide) groups is 1. The molecular weight excluding hydrogens is 292 g/mol. The highest BCUT2D eigenvalue weighted by molar-refractivity contribution is 7.98. The predicted molar refractivity (Wildman–Crippen MR) is 81.1 cm³/mol. The Morgan fingerprint density at radius 2 is 1.95 bits per heavy atom. The second kappa shape index (κ2) is 9.02. The number of ether oxygens (including phenoxy) is 1. The van der Waals surface area contributed by atoms with Crippen LogP contribution in [0.15, 0.2) is 29.2 Å². The molecule has 6 nitrogen and oxygen atoms in total. The molecule has 0 bridgehead atoms. The molecule has 0 aliphatic rings. The number of amides is 2. The Kier molecular flexibility index (Phi) is 7.31. The molecule has 0 aliphatic carbocycles. The summed E-state index contributed by atoms with van der Waals surface area (Å²) in [7, 11) is 0. The van der Waals surface area contributed by atoms with Gasteiger partial charge in [0.1, 0.15) is 0 Å². The summed E-state index contributed by atoms with van der Waals surface area (Å²) in [6.45, 7) is 1.22. The minimum Gasteiger partial charge on any atom is -0.456 e. The number of anilines is 1. The highest BCUT2D eigenvalue weighted by atomic mass is 32.2. The number of hydrogen-bond donors (Lipinski definition) is 2. The highest BCUT2D eigenvalue weighted by Crippen LogP contribution is 2.24. The van der Waals surface area contributed by atoms with Crippen molar-refractivity contribution in [3.63, 3.8) is 0 Å². The average molecular weight is 310 g/mol. The minimum atomic E-state index is -0.531. The first-order valence-electron chi connectivity index (χ1n) is 6.36. The van der Waals surface area contributed by atoms with Crippen molar-refractivity contribution in [1.29, 1.82) is 0 Å². The van der Waals surface area contributed by atoms with Gasteiger partial charge in [-0.2, -0.15) is 0 Å². The van der Waals surface area contributed by atoms with E-state index in [-0.39, 0.29) is 25.5 Å². The molecule has 0 saturated carbocycles. The summed E-state index contributed by atoms with van der Waals surface area (Å²) in [5.41, 5.74) is 0.685. The highest BCUT2D eigenvalue weighted by Gasteiger charge is 2.09. The Morgan fingerprint density at radius 3 is 2.62 bits per heavy atom. The Bertz CT molecular complexity index is 519. The van der Waals surface area contributed by atoms with Crippen LogP contribution in [-0.2, 0) is 19.1 Å². The van der Waals surface area contributed by atoms with Crippen LogP contribution in [0, 0.1) is 0 Å². The van der Waals surface area contributed by atoms with E-state index in [4.69, 9.17) is 4.74 Å². The van der Waals surface area contributed by atoms with Crippen molar-refractivity contribution in [3.05, 3.63) is 24.3 Å². The molecule has 0 atom stereocenters. The maximum Gasteiger partial charge on any atom is 0.308 e. The van der Waals surface area contributed by atoms with Crippen LogP contribution in [0.3, 0.4) is 0 Å². The second-order valence-corrected chi connectivity index (χ2v) is 4.99. The minimum absolute atomic E-state index is 0.0360. The number of nitrogens with one attached hydrogen (secondary N) is 2. The second-order valence-electron chi connectivity index (χ2n) is 4.14. The number of benzene rings is 1. The zero-order valence-electron chi connectivity index (χ0n) is 12.0. The molecule has 1 rings (SSSR count). The molecule has 0 saturated heterocycles. The maximum atomic E-state index is 11.7. The lowest BCUT2D eigenvalue weighted by Gasteiger charge is -2.09. The van der Waals surface area contributed by atoms with Crippen LogP contribution in [-0.4, -0.2) is 37.2 Å². The Balaban J connectivity index is 2.34. The van der Waals surface area contributed by atoms with E-state index in [2.05, 4.69) is 10.6 Å². The van der Waals surface area contributed by atoms with Gasteiger partial charge in [0.2, 0.25) is 5.91 Å². The summed E-state index contributed by atoms with van der Waals surface area (Å²) < 4.78 is 4.82. The van der Waals surface area contributed by atoms with Crippen molar-refractivity contribution in [2.75, 3.05) is 24.7 Å². The van der Waals surface area contributed by atoms with Crippen LogP contribution in [0.2, 0.25) is 0 Å². The summed E-state index contributed by atoms with van der Waals surface area (Å²) in [6.07, 6.45) is 1.95. The molecule has 0 radical (unpaired) electrons. The van der Waals surface area contributed by atoms with Crippen molar-refractivity contribution in [2.24, 2.45) is 0 Å². The van der Waals surface area contributed by atoms with E-state index in [1.807, 2.05) is 24.5 Å². The van der Waals surface area contributed by atoms with E-state index in [0.717, 1.165) is 4.90 Å². The smallest absolute Gasteiger partial charge is 0.308 e. The van der Waals surface area contributed by atoms with Crippen LogP contribution in [0.5, 0.6) is 0 Å². The lowest BCUT2D eigenvalue weighted by atomic mass is 10.3. The lowest BCUT2D eigenvalue weighted by molar-refractivity contribution is -0.147. The normalized spacial score (nSPS) is 9.81. The van der Waals surface area contributed by atoms with Crippen molar-refractivity contribution >= 4 is 35.2 Å². The van der Waals surface area contributed by atoms with Crippen molar-refractivity contribution < 1.29 is 19.1 Å². The number of hydrogen-bond acceptors (Lipinski definition) is 5. The van der Waals surface area contributed by atoms with E-state index in [9.17, 15) is 14.4 Å². The fraction of sp³-hybridized carbons (Fsp3) is 0.357. The van der Waals surface area contributed by atoms with Crippen molar-refractivity contribution in [2.45, 2.75) is 18.2 Å². The largest absolute Gasteiger partial charge is 0.456 e. The number of rotatable bonds is 7. The first kappa shape index (κ1) is 17.0. The van der Waals surface area contributed by atoms with Crippen LogP contribution in [0.25, 0.3) is 0 Å². The summed E-state index contributed by atoms with van der Waals surface area (Å²) in [5.74, 6) is -1.14. The van der Waals surface area contributed by atoms with Gasteiger partial charge in [-0.05, 0) is 18.4 Å². The van der Waals surface area contributed by atoms with Gasteiger partial charge in [-0.15, -0.1) is 11.8 Å². The van der Waals surface area contributed by atoms with E-state index >= 15 is 0 Å². The number of carbonyl (C=O) groups excluding carboxylic acids is 3. The maximum absolute atomic E-state index is 11.7. The topological polar surface area (TPSA) is 84.5 Å². The van der Waals surface area contributed by atoms with Crippen LogP contribution >= 0.6 is 11.8 Å². The number of carbonyl (C=O) groups is 3. The van der Waals surface area contributed by atoms with Gasteiger partial charge in [0.25, 0.3) is 5.91 Å². The monoisotopic (exact) mass is 310 g/mol. The molecule has 1 aromatic carbocycles. The Hall–Kier alpha value is -2.02. The zero-order chi connectivity index (χ0) is 15.7. The molecule has 0 spiro atoms. The fourth-order valence-electron chi connectivity index (χ4n) is 1.49. The van der Waals surface area contributed by atoms with Gasteiger partial charge < -0.3 is 15.4 Å². The van der Waals surface area contributed by atoms with Gasteiger partial charge in [-0.25, -0.2) is 0 Å². The lowest BCUT2D eigenvalue weighted by Crippen LogP contribution is -2.26. The van der Waals surface area contributed by atoms with E-state index in [1.54, 1.807) is 6.07 Å². The summed E-state index contributed by atoms with van der Waals surface area (Å²) >= 11 is 1.51. The van der Waals surface area contributed by atoms with Gasteiger partial charge >= 0.3 is 5.97 Å². The SMILES string of the molecule is CSc1ccccc1NC(=O)COC(=O)CCNC(C)=O. The van der Waals surface area contributed by atoms with Crippen LogP contribution in [0.4, 0.5) is 5.69 Å². The molecule has 0 fully saturated rings. The molecule has 114 valence electrons. The van der Waals surface area contributed by atoms with Gasteiger partial charge in [-0.3, -0.25) is 14.4 Å². The van der Waals surface area contributed by atoms with E-state index in [1.165, 1.54) is 18.7 Å². The third-order valence-corrected chi connectivity index (χ3v) is 3.24. The molecule has 7 heteroatoms. The van der Waals surface area contributed by atoms with Gasteiger partial charge in [-0.1, -0.05) is 12.1 Å². The summed E-state index contributed by atoms with van der Waals surface area (Å²) in [6, 6.07) is 7.36. The molecule has 0 aromatic heterocycles. The molecular formula is C14H18N2O4S. The molecule has 2 N–H and O–H groups in total. The van der Waals surface area contributed by atoms with Gasteiger partial charge in [0.05, 0.1) is 12.1 Å². The average Bonchev–Trinajstić information content (AvgIpc) is 2.45. The Labute approximate surface area is 127 Å². The third kappa shape index (κ3) is 6.80. The van der Waals surface area contributed by atoms with Gasteiger partial charge in [0, 0.05) is 18.4 Å². The first-order valence-corrected chi connectivity index (χ1v) is 7.58. The first-order chi connectivity index (χ1) is 10.0. The molecule has 0 aliphatic heterocycles. The molecule has 0 heterocycles. The fourth-order valence-corrected chi connectivity index (χ4v) is 2.05. The summed E-state index contributed by atoms with van der Waals surface area (Å²) in [5, 5.41) is 5.16. The molecule has 1 aromatic rings. The number of esters is 1. The third-order valence-electron chi connectivity index (χ3n) is 2.45. The molecule has 0 unspecified atom stereocenters. The van der Waals surface area contributed by atoms with E-state index in [0.29, 0.717) is 5.69 Å². The van der Waals surface area contributed by atoms with Crippen LogP contribution < -0.4 is 10.6 Å². The zero-order valence-corrected chi connectivity index (χ0v) is 12.8. The molecule has 2 amide bonds. The summed E-state index contributed by atoms with van der Waals surface area (Å²) in [4.78, 5) is 34.6. The van der Waals surface area contributed by atoms with Crippen molar-refractivity contribution in [1.82, 2.24) is 5.32 Å². The number of para-hydroxylation sites is 1. The Morgan fingerprint density at radius 1 is 1.24 bits per heavy atom. The molecule has 21 heavy (non-hydrogen) atoms.